The number of hydrogen-bond donors (Lipinski definition) is 1. The Bertz CT molecular complexity index is 597. The van der Waals surface area contributed by atoms with Crippen LogP contribution in [-0.4, -0.2) is 29.5 Å². The van der Waals surface area contributed by atoms with E-state index in [2.05, 4.69) is 11.3 Å². The predicted octanol–water partition coefficient (Wildman–Crippen LogP) is 4.24. The zero-order valence-corrected chi connectivity index (χ0v) is 14.3. The van der Waals surface area contributed by atoms with Crippen LogP contribution in [0.15, 0.2) is 30.8 Å². The summed E-state index contributed by atoms with van der Waals surface area (Å²) in [5, 5.41) is 9.90. The Kier molecular flexibility index (Phi) is 5.87. The SMILES string of the molecule is C=C(C[C@@](O)(C(=O)OCC)C(F)(F)F)c1ccc(C(C)(C)C)cc1. The average Bonchev–Trinajstić information content (AvgIpc) is 2.45. The second kappa shape index (κ2) is 6.97. The number of halogens is 3. The van der Waals surface area contributed by atoms with Crippen LogP contribution in [0.4, 0.5) is 13.2 Å². The molecule has 0 bridgehead atoms. The third kappa shape index (κ3) is 4.38. The van der Waals surface area contributed by atoms with Gasteiger partial charge in [0.1, 0.15) is 0 Å². The summed E-state index contributed by atoms with van der Waals surface area (Å²) in [6.45, 7) is 10.7. The number of carbonyl (C=O) groups excluding carboxylic acids is 1. The Morgan fingerprint density at radius 2 is 1.67 bits per heavy atom. The standard InChI is InChI=1S/C18H23F3O3/c1-6-24-15(22)17(23,18(19,20)21)11-12(2)13-7-9-14(10-8-13)16(3,4)5/h7-10,23H,2,6,11H2,1,3-5H3/t17-/m1/s1. The number of esters is 1. The van der Waals surface area contributed by atoms with Crippen LogP contribution in [0.1, 0.15) is 45.2 Å². The van der Waals surface area contributed by atoms with Crippen molar-refractivity contribution in [2.75, 3.05) is 6.61 Å². The monoisotopic (exact) mass is 344 g/mol. The van der Waals surface area contributed by atoms with E-state index in [4.69, 9.17) is 0 Å². The van der Waals surface area contributed by atoms with Crippen LogP contribution in [0, 0.1) is 0 Å². The molecule has 1 aromatic carbocycles. The molecule has 0 aliphatic heterocycles. The maximum atomic E-state index is 13.2. The van der Waals surface area contributed by atoms with Gasteiger partial charge in [-0.2, -0.15) is 13.2 Å². The third-order valence-electron chi connectivity index (χ3n) is 3.71. The van der Waals surface area contributed by atoms with Gasteiger partial charge >= 0.3 is 12.1 Å². The lowest BCUT2D eigenvalue weighted by Gasteiger charge is -2.29. The van der Waals surface area contributed by atoms with E-state index in [0.717, 1.165) is 5.56 Å². The van der Waals surface area contributed by atoms with Crippen LogP contribution in [0.3, 0.4) is 0 Å². The highest BCUT2D eigenvalue weighted by atomic mass is 19.4. The number of aliphatic hydroxyl groups is 1. The Morgan fingerprint density at radius 3 is 2.04 bits per heavy atom. The number of hydrogen-bond acceptors (Lipinski definition) is 3. The van der Waals surface area contributed by atoms with Gasteiger partial charge < -0.3 is 9.84 Å². The second-order valence-corrected chi connectivity index (χ2v) is 6.69. The van der Waals surface area contributed by atoms with Crippen LogP contribution >= 0.6 is 0 Å². The number of rotatable bonds is 5. The maximum Gasteiger partial charge on any atom is 0.428 e. The average molecular weight is 344 g/mol. The van der Waals surface area contributed by atoms with E-state index >= 15 is 0 Å². The van der Waals surface area contributed by atoms with Crippen molar-refractivity contribution in [1.82, 2.24) is 0 Å². The summed E-state index contributed by atoms with van der Waals surface area (Å²) >= 11 is 0. The molecule has 0 aliphatic rings. The second-order valence-electron chi connectivity index (χ2n) is 6.69. The van der Waals surface area contributed by atoms with Crippen LogP contribution in [0.5, 0.6) is 0 Å². The first-order valence-electron chi connectivity index (χ1n) is 7.58. The molecule has 3 nitrogen and oxygen atoms in total. The molecule has 0 amide bonds. The summed E-state index contributed by atoms with van der Waals surface area (Å²) in [7, 11) is 0. The van der Waals surface area contributed by atoms with Gasteiger partial charge in [0.2, 0.25) is 0 Å². The minimum atomic E-state index is -5.16. The van der Waals surface area contributed by atoms with E-state index in [0.29, 0.717) is 5.56 Å². The van der Waals surface area contributed by atoms with E-state index in [1.54, 1.807) is 24.3 Å². The molecule has 1 rings (SSSR count). The zero-order valence-electron chi connectivity index (χ0n) is 14.3. The largest absolute Gasteiger partial charge is 0.464 e. The molecule has 0 heterocycles. The summed E-state index contributed by atoms with van der Waals surface area (Å²) in [6, 6.07) is 6.84. The molecule has 1 atom stereocenters. The van der Waals surface area contributed by atoms with Crippen LogP contribution in [0.2, 0.25) is 0 Å². The topological polar surface area (TPSA) is 46.5 Å². The Hall–Kier alpha value is -1.82. The fourth-order valence-electron chi connectivity index (χ4n) is 2.16. The first kappa shape index (κ1) is 20.2. The predicted molar refractivity (Wildman–Crippen MR) is 86.4 cm³/mol. The van der Waals surface area contributed by atoms with Crippen LogP contribution in [0.25, 0.3) is 5.57 Å². The van der Waals surface area contributed by atoms with Crippen LogP contribution < -0.4 is 0 Å². The lowest BCUT2D eigenvalue weighted by Crippen LogP contribution is -2.53. The highest BCUT2D eigenvalue weighted by Crippen LogP contribution is 2.38. The van der Waals surface area contributed by atoms with Crippen molar-refractivity contribution in [3.8, 4) is 0 Å². The van der Waals surface area contributed by atoms with Crippen molar-refractivity contribution in [3.63, 3.8) is 0 Å². The first-order valence-corrected chi connectivity index (χ1v) is 7.58. The van der Waals surface area contributed by atoms with Gasteiger partial charge in [0.15, 0.2) is 0 Å². The van der Waals surface area contributed by atoms with Gasteiger partial charge in [-0.05, 0) is 29.0 Å². The van der Waals surface area contributed by atoms with Crippen molar-refractivity contribution < 1.29 is 27.8 Å². The molecule has 0 unspecified atom stereocenters. The molecule has 24 heavy (non-hydrogen) atoms. The molecule has 0 fully saturated rings. The lowest BCUT2D eigenvalue weighted by molar-refractivity contribution is -0.260. The molecule has 1 N–H and O–H groups in total. The molecular formula is C18H23F3O3. The number of benzene rings is 1. The van der Waals surface area contributed by atoms with E-state index < -0.39 is 24.2 Å². The minimum absolute atomic E-state index is 0.00309. The van der Waals surface area contributed by atoms with Gasteiger partial charge in [-0.25, -0.2) is 4.79 Å². The zero-order chi connectivity index (χ0) is 18.8. The van der Waals surface area contributed by atoms with E-state index in [-0.39, 0.29) is 17.6 Å². The highest BCUT2D eigenvalue weighted by molar-refractivity contribution is 5.83. The normalized spacial score (nSPS) is 14.8. The summed E-state index contributed by atoms with van der Waals surface area (Å²) in [5.74, 6) is -1.72. The van der Waals surface area contributed by atoms with Gasteiger partial charge in [-0.1, -0.05) is 51.6 Å². The Labute approximate surface area is 140 Å². The van der Waals surface area contributed by atoms with Crippen molar-refractivity contribution in [2.24, 2.45) is 0 Å². The molecule has 0 saturated carbocycles. The van der Waals surface area contributed by atoms with Crippen molar-refractivity contribution in [2.45, 2.75) is 51.3 Å². The molecule has 1 aromatic rings. The van der Waals surface area contributed by atoms with Crippen molar-refractivity contribution >= 4 is 11.5 Å². The number of carbonyl (C=O) groups is 1. The van der Waals surface area contributed by atoms with Gasteiger partial charge in [0, 0.05) is 6.42 Å². The van der Waals surface area contributed by atoms with E-state index in [1.807, 2.05) is 20.8 Å². The van der Waals surface area contributed by atoms with Crippen LogP contribution in [-0.2, 0) is 14.9 Å². The lowest BCUT2D eigenvalue weighted by atomic mass is 9.85. The molecule has 0 saturated heterocycles. The fourth-order valence-corrected chi connectivity index (χ4v) is 2.16. The molecule has 134 valence electrons. The Balaban J connectivity index is 3.07. The summed E-state index contributed by atoms with van der Waals surface area (Å²) in [6.07, 6.45) is -6.14. The van der Waals surface area contributed by atoms with Gasteiger partial charge in [0.25, 0.3) is 5.60 Å². The summed E-state index contributed by atoms with van der Waals surface area (Å²) in [5.41, 5.74) is -2.27. The highest BCUT2D eigenvalue weighted by Gasteiger charge is 2.60. The molecule has 0 aromatic heterocycles. The summed E-state index contributed by atoms with van der Waals surface area (Å²) < 4.78 is 43.9. The first-order chi connectivity index (χ1) is 10.8. The maximum absolute atomic E-state index is 13.2. The van der Waals surface area contributed by atoms with Crippen molar-refractivity contribution in [1.29, 1.82) is 0 Å². The van der Waals surface area contributed by atoms with Gasteiger partial charge in [0.05, 0.1) is 6.61 Å². The van der Waals surface area contributed by atoms with E-state index in [1.165, 1.54) is 6.92 Å². The third-order valence-corrected chi connectivity index (χ3v) is 3.71. The molecule has 0 radical (unpaired) electrons. The number of alkyl halides is 3. The van der Waals surface area contributed by atoms with Gasteiger partial charge in [-0.15, -0.1) is 0 Å². The van der Waals surface area contributed by atoms with Crippen molar-refractivity contribution in [3.05, 3.63) is 42.0 Å². The minimum Gasteiger partial charge on any atom is -0.464 e. The smallest absolute Gasteiger partial charge is 0.428 e. The Morgan fingerprint density at radius 1 is 1.17 bits per heavy atom. The molecule has 0 spiro atoms. The quantitative estimate of drug-likeness (QED) is 0.813. The number of ether oxygens (including phenoxy) is 1. The summed E-state index contributed by atoms with van der Waals surface area (Å²) in [4.78, 5) is 11.6. The fraction of sp³-hybridized carbons (Fsp3) is 0.500. The van der Waals surface area contributed by atoms with E-state index in [9.17, 15) is 23.1 Å². The molecular weight excluding hydrogens is 321 g/mol. The molecule has 6 heteroatoms. The molecule has 0 aliphatic carbocycles. The van der Waals surface area contributed by atoms with Gasteiger partial charge in [-0.3, -0.25) is 0 Å².